The normalized spacial score (nSPS) is 20.2. The van der Waals surface area contributed by atoms with E-state index in [1.54, 1.807) is 0 Å². The number of halogens is 1. The van der Waals surface area contributed by atoms with E-state index < -0.39 is 0 Å². The molecule has 1 aliphatic carbocycles. The van der Waals surface area contributed by atoms with Crippen molar-refractivity contribution in [2.75, 3.05) is 5.32 Å². The number of nitrogens with zero attached hydrogens (tertiary/aromatic N) is 2. The summed E-state index contributed by atoms with van der Waals surface area (Å²) in [6.45, 7) is 1.87. The minimum atomic E-state index is -0.210. The first-order chi connectivity index (χ1) is 9.67. The first kappa shape index (κ1) is 12.6. The highest BCUT2D eigenvalue weighted by atomic mass is 19.1. The third-order valence-corrected chi connectivity index (χ3v) is 3.62. The number of pyridine rings is 1. The summed E-state index contributed by atoms with van der Waals surface area (Å²) in [5.74, 6) is 0.906. The lowest BCUT2D eigenvalue weighted by atomic mass is 10.1. The zero-order valence-corrected chi connectivity index (χ0v) is 11.1. The predicted molar refractivity (Wildman–Crippen MR) is 74.9 cm³/mol. The Labute approximate surface area is 117 Å². The minimum absolute atomic E-state index is 0.210. The SMILES string of the molecule is Cc1ccc(N[C@@H]2C[C@H]2c2ccc(F)cc2)nc1C#N. The van der Waals surface area contributed by atoms with Gasteiger partial charge in [-0.25, -0.2) is 9.37 Å². The zero-order valence-electron chi connectivity index (χ0n) is 11.1. The third kappa shape index (κ3) is 2.48. The van der Waals surface area contributed by atoms with Gasteiger partial charge in [-0.05, 0) is 42.7 Å². The summed E-state index contributed by atoms with van der Waals surface area (Å²) in [6.07, 6.45) is 1.00. The van der Waals surface area contributed by atoms with Crippen molar-refractivity contribution in [2.45, 2.75) is 25.3 Å². The molecule has 100 valence electrons. The van der Waals surface area contributed by atoms with Gasteiger partial charge in [-0.2, -0.15) is 5.26 Å². The molecule has 0 bridgehead atoms. The monoisotopic (exact) mass is 267 g/mol. The molecule has 0 aliphatic heterocycles. The lowest BCUT2D eigenvalue weighted by Gasteiger charge is -2.06. The molecule has 1 fully saturated rings. The van der Waals surface area contributed by atoms with Crippen LogP contribution in [0.25, 0.3) is 0 Å². The highest BCUT2D eigenvalue weighted by Gasteiger charge is 2.38. The predicted octanol–water partition coefficient (Wildman–Crippen LogP) is 3.37. The van der Waals surface area contributed by atoms with Crippen LogP contribution >= 0.6 is 0 Å². The van der Waals surface area contributed by atoms with E-state index in [0.29, 0.717) is 17.7 Å². The Morgan fingerprint density at radius 1 is 1.25 bits per heavy atom. The molecule has 3 nitrogen and oxygen atoms in total. The topological polar surface area (TPSA) is 48.7 Å². The Balaban J connectivity index is 1.69. The Bertz CT molecular complexity index is 673. The Morgan fingerprint density at radius 2 is 2.00 bits per heavy atom. The molecule has 4 heteroatoms. The van der Waals surface area contributed by atoms with Crippen molar-refractivity contribution in [3.8, 4) is 6.07 Å². The summed E-state index contributed by atoms with van der Waals surface area (Å²) in [6, 6.07) is 12.8. The van der Waals surface area contributed by atoms with Gasteiger partial charge in [-0.3, -0.25) is 0 Å². The first-order valence-electron chi connectivity index (χ1n) is 6.57. The molecule has 20 heavy (non-hydrogen) atoms. The van der Waals surface area contributed by atoms with Crippen molar-refractivity contribution in [3.63, 3.8) is 0 Å². The van der Waals surface area contributed by atoms with E-state index in [1.165, 1.54) is 12.1 Å². The van der Waals surface area contributed by atoms with Gasteiger partial charge in [0.1, 0.15) is 23.4 Å². The van der Waals surface area contributed by atoms with Crippen LogP contribution in [0.3, 0.4) is 0 Å². The van der Waals surface area contributed by atoms with Crippen molar-refractivity contribution >= 4 is 5.82 Å². The van der Waals surface area contributed by atoms with Crippen molar-refractivity contribution in [1.29, 1.82) is 5.26 Å². The van der Waals surface area contributed by atoms with Crippen molar-refractivity contribution in [3.05, 3.63) is 59.0 Å². The molecule has 0 spiro atoms. The average Bonchev–Trinajstić information content (AvgIpc) is 3.21. The van der Waals surface area contributed by atoms with Gasteiger partial charge < -0.3 is 5.32 Å². The molecule has 2 aromatic rings. The van der Waals surface area contributed by atoms with Crippen LogP contribution in [-0.4, -0.2) is 11.0 Å². The standard InChI is InChI=1S/C16H14FN3/c1-10-2-7-16(20-15(10)9-18)19-14-8-13(14)11-3-5-12(17)6-4-11/h2-7,13-14H,8H2,1H3,(H,19,20)/t13-,14+/m0/s1. The van der Waals surface area contributed by atoms with Crippen LogP contribution in [0.5, 0.6) is 0 Å². The van der Waals surface area contributed by atoms with Crippen LogP contribution in [0.2, 0.25) is 0 Å². The van der Waals surface area contributed by atoms with Gasteiger partial charge in [-0.1, -0.05) is 18.2 Å². The molecule has 1 aromatic carbocycles. The number of aromatic nitrogens is 1. The van der Waals surface area contributed by atoms with E-state index in [-0.39, 0.29) is 5.82 Å². The Hall–Kier alpha value is -2.41. The molecule has 1 saturated carbocycles. The number of hydrogen-bond donors (Lipinski definition) is 1. The van der Waals surface area contributed by atoms with Gasteiger partial charge in [0.15, 0.2) is 0 Å². The number of nitrogens with one attached hydrogen (secondary N) is 1. The summed E-state index contributed by atoms with van der Waals surface area (Å²) >= 11 is 0. The molecule has 0 saturated heterocycles. The molecular formula is C16H14FN3. The average molecular weight is 267 g/mol. The van der Waals surface area contributed by atoms with Crippen LogP contribution in [0.1, 0.15) is 29.2 Å². The molecule has 1 aliphatic rings. The fourth-order valence-corrected chi connectivity index (χ4v) is 2.35. The largest absolute Gasteiger partial charge is 0.367 e. The number of hydrogen-bond acceptors (Lipinski definition) is 3. The maximum absolute atomic E-state index is 12.9. The molecule has 0 amide bonds. The van der Waals surface area contributed by atoms with E-state index in [9.17, 15) is 4.39 Å². The number of benzene rings is 1. The molecule has 1 heterocycles. The number of rotatable bonds is 3. The maximum atomic E-state index is 12.9. The Morgan fingerprint density at radius 3 is 2.70 bits per heavy atom. The number of aryl methyl sites for hydroxylation is 1. The number of nitriles is 1. The van der Waals surface area contributed by atoms with Crippen LogP contribution < -0.4 is 5.32 Å². The van der Waals surface area contributed by atoms with E-state index in [1.807, 2.05) is 31.2 Å². The minimum Gasteiger partial charge on any atom is -0.367 e. The Kier molecular flexibility index (Phi) is 3.11. The molecule has 1 N–H and O–H groups in total. The summed E-state index contributed by atoms with van der Waals surface area (Å²) in [5, 5.41) is 12.3. The van der Waals surface area contributed by atoms with Gasteiger partial charge in [0, 0.05) is 12.0 Å². The quantitative estimate of drug-likeness (QED) is 0.927. The van der Waals surface area contributed by atoms with Gasteiger partial charge in [-0.15, -0.1) is 0 Å². The highest BCUT2D eigenvalue weighted by molar-refractivity contribution is 5.46. The van der Waals surface area contributed by atoms with Crippen molar-refractivity contribution in [1.82, 2.24) is 4.98 Å². The van der Waals surface area contributed by atoms with E-state index in [2.05, 4.69) is 16.4 Å². The van der Waals surface area contributed by atoms with Gasteiger partial charge in [0.05, 0.1) is 0 Å². The summed E-state index contributed by atoms with van der Waals surface area (Å²) in [5.41, 5.74) is 2.47. The zero-order chi connectivity index (χ0) is 14.1. The van der Waals surface area contributed by atoms with E-state index in [0.717, 1.165) is 23.4 Å². The van der Waals surface area contributed by atoms with Crippen molar-refractivity contribution in [2.24, 2.45) is 0 Å². The maximum Gasteiger partial charge on any atom is 0.145 e. The third-order valence-electron chi connectivity index (χ3n) is 3.62. The van der Waals surface area contributed by atoms with Crippen LogP contribution in [0, 0.1) is 24.1 Å². The summed E-state index contributed by atoms with van der Waals surface area (Å²) < 4.78 is 12.9. The fraction of sp³-hybridized carbons (Fsp3) is 0.250. The fourth-order valence-electron chi connectivity index (χ4n) is 2.35. The lowest BCUT2D eigenvalue weighted by molar-refractivity contribution is 0.627. The van der Waals surface area contributed by atoms with E-state index in [4.69, 9.17) is 5.26 Å². The van der Waals surface area contributed by atoms with Crippen LogP contribution in [0.15, 0.2) is 36.4 Å². The molecule has 2 atom stereocenters. The molecule has 0 unspecified atom stereocenters. The molecular weight excluding hydrogens is 253 g/mol. The lowest BCUT2D eigenvalue weighted by Crippen LogP contribution is -2.06. The highest BCUT2D eigenvalue weighted by Crippen LogP contribution is 2.42. The molecule has 1 aromatic heterocycles. The molecule has 3 rings (SSSR count). The molecule has 0 radical (unpaired) electrons. The van der Waals surface area contributed by atoms with Crippen molar-refractivity contribution < 1.29 is 4.39 Å². The summed E-state index contributed by atoms with van der Waals surface area (Å²) in [4.78, 5) is 4.28. The van der Waals surface area contributed by atoms with Crippen LogP contribution in [-0.2, 0) is 0 Å². The van der Waals surface area contributed by atoms with E-state index >= 15 is 0 Å². The van der Waals surface area contributed by atoms with Gasteiger partial charge in [0.25, 0.3) is 0 Å². The number of anilines is 1. The summed E-state index contributed by atoms with van der Waals surface area (Å²) in [7, 11) is 0. The first-order valence-corrected chi connectivity index (χ1v) is 6.57. The second-order valence-electron chi connectivity index (χ2n) is 5.12. The second kappa shape index (κ2) is 4.93. The smallest absolute Gasteiger partial charge is 0.145 e. The van der Waals surface area contributed by atoms with Gasteiger partial charge in [0.2, 0.25) is 0 Å². The van der Waals surface area contributed by atoms with Crippen LogP contribution in [0.4, 0.5) is 10.2 Å². The van der Waals surface area contributed by atoms with Gasteiger partial charge >= 0.3 is 0 Å². The second-order valence-corrected chi connectivity index (χ2v) is 5.12.